The molecule has 0 bridgehead atoms. The van der Waals surface area contributed by atoms with Crippen molar-refractivity contribution in [2.75, 3.05) is 4.90 Å². The predicted octanol–water partition coefficient (Wildman–Crippen LogP) is 5.49. The standard InChI is InChI=1S/C40H33Cl2N9O4/c1-38(20-24-5-7-25(21-43)8-6-24)36(55)50(30-18-27(41)17-28(42)19-30)37-47-23-31(51(37)38)34(53)48-40(12-13-40)35(54)49-39(10-11-39)32-16-26(9-15-45-32)33(52)46-22-29-4-2-3-14-44-29/h2-9,14-19,23H,10-13,20,22H2,1H3,(H,46,52)(H,48,53)(H,49,54)/t38-/m1/s1. The highest BCUT2D eigenvalue weighted by Gasteiger charge is 2.57. The van der Waals surface area contributed by atoms with Crippen LogP contribution in [0.2, 0.25) is 10.0 Å². The Hall–Kier alpha value is -6.10. The number of benzene rings is 2. The lowest BCUT2D eigenvalue weighted by molar-refractivity contribution is -0.125. The molecule has 8 rings (SSSR count). The first kappa shape index (κ1) is 35.9. The number of hydrogen-bond acceptors (Lipinski definition) is 8. The molecule has 0 saturated heterocycles. The number of pyridine rings is 2. The number of amides is 4. The predicted molar refractivity (Wildman–Crippen MR) is 202 cm³/mol. The lowest BCUT2D eigenvalue weighted by Crippen LogP contribution is -2.52. The summed E-state index contributed by atoms with van der Waals surface area (Å²) in [5.74, 6) is -1.42. The molecule has 3 N–H and O–H groups in total. The Morgan fingerprint density at radius 3 is 2.27 bits per heavy atom. The van der Waals surface area contributed by atoms with Crippen LogP contribution in [0.25, 0.3) is 0 Å². The summed E-state index contributed by atoms with van der Waals surface area (Å²) in [6, 6.07) is 22.5. The molecule has 2 aliphatic carbocycles. The molecular formula is C40H33Cl2N9O4. The number of hydrogen-bond donors (Lipinski definition) is 3. The summed E-state index contributed by atoms with van der Waals surface area (Å²) in [6.07, 6.45) is 6.79. The Labute approximate surface area is 325 Å². The number of carbonyl (C=O) groups excluding carboxylic acids is 4. The van der Waals surface area contributed by atoms with Crippen LogP contribution in [0.4, 0.5) is 11.6 Å². The zero-order valence-electron chi connectivity index (χ0n) is 29.5. The highest BCUT2D eigenvalue weighted by Crippen LogP contribution is 2.48. The number of anilines is 2. The van der Waals surface area contributed by atoms with Gasteiger partial charge in [0.25, 0.3) is 17.7 Å². The average molecular weight is 775 g/mol. The third-order valence-corrected chi connectivity index (χ3v) is 10.8. The minimum absolute atomic E-state index is 0.0846. The summed E-state index contributed by atoms with van der Waals surface area (Å²) >= 11 is 12.7. The van der Waals surface area contributed by atoms with E-state index >= 15 is 0 Å². The van der Waals surface area contributed by atoms with Crippen molar-refractivity contribution in [2.45, 2.75) is 62.2 Å². The van der Waals surface area contributed by atoms with E-state index in [1.165, 1.54) is 11.1 Å². The van der Waals surface area contributed by atoms with Crippen LogP contribution in [-0.2, 0) is 33.6 Å². The van der Waals surface area contributed by atoms with E-state index in [2.05, 4.69) is 37.0 Å². The van der Waals surface area contributed by atoms with E-state index in [-0.39, 0.29) is 42.3 Å². The minimum Gasteiger partial charge on any atom is -0.346 e. The van der Waals surface area contributed by atoms with Crippen LogP contribution in [0.15, 0.2) is 91.4 Å². The molecule has 55 heavy (non-hydrogen) atoms. The quantitative estimate of drug-likeness (QED) is 0.158. The molecule has 13 nitrogen and oxygen atoms in total. The third-order valence-electron chi connectivity index (χ3n) is 10.4. The molecule has 5 aromatic rings. The molecule has 276 valence electrons. The van der Waals surface area contributed by atoms with Crippen molar-refractivity contribution in [3.8, 4) is 6.07 Å². The van der Waals surface area contributed by atoms with Gasteiger partial charge in [0, 0.05) is 34.4 Å². The number of rotatable bonds is 11. The van der Waals surface area contributed by atoms with Crippen molar-refractivity contribution in [3.63, 3.8) is 0 Å². The fraction of sp³-hybridized carbons (Fsp3) is 0.250. The van der Waals surface area contributed by atoms with E-state index in [0.29, 0.717) is 58.2 Å². The number of halogens is 2. The van der Waals surface area contributed by atoms with Gasteiger partial charge in [-0.3, -0.25) is 33.7 Å². The van der Waals surface area contributed by atoms with Gasteiger partial charge in [-0.15, -0.1) is 0 Å². The molecule has 2 saturated carbocycles. The first-order valence-corrected chi connectivity index (χ1v) is 18.4. The largest absolute Gasteiger partial charge is 0.346 e. The molecule has 2 fully saturated rings. The van der Waals surface area contributed by atoms with Crippen LogP contribution in [0.3, 0.4) is 0 Å². The maximum Gasteiger partial charge on any atom is 0.270 e. The first-order chi connectivity index (χ1) is 26.4. The van der Waals surface area contributed by atoms with Crippen molar-refractivity contribution in [2.24, 2.45) is 0 Å². The van der Waals surface area contributed by atoms with Gasteiger partial charge in [-0.05, 0) is 92.8 Å². The Bertz CT molecular complexity index is 2400. The topological polar surface area (TPSA) is 175 Å². The molecule has 4 heterocycles. The Kier molecular flexibility index (Phi) is 8.90. The summed E-state index contributed by atoms with van der Waals surface area (Å²) in [4.78, 5) is 70.3. The summed E-state index contributed by atoms with van der Waals surface area (Å²) in [6.45, 7) is 1.98. The van der Waals surface area contributed by atoms with E-state index in [4.69, 9.17) is 23.2 Å². The van der Waals surface area contributed by atoms with Gasteiger partial charge in [-0.25, -0.2) is 9.88 Å². The van der Waals surface area contributed by atoms with Gasteiger partial charge >= 0.3 is 0 Å². The molecule has 0 radical (unpaired) electrons. The van der Waals surface area contributed by atoms with Gasteiger partial charge in [0.1, 0.15) is 16.8 Å². The lowest BCUT2D eigenvalue weighted by Gasteiger charge is -2.27. The fourth-order valence-corrected chi connectivity index (χ4v) is 7.57. The minimum atomic E-state index is -1.35. The van der Waals surface area contributed by atoms with E-state index in [0.717, 1.165) is 11.3 Å². The molecule has 3 aliphatic rings. The number of imidazole rings is 1. The summed E-state index contributed by atoms with van der Waals surface area (Å²) in [7, 11) is 0. The van der Waals surface area contributed by atoms with Gasteiger partial charge in [-0.2, -0.15) is 5.26 Å². The van der Waals surface area contributed by atoms with Gasteiger partial charge in [0.2, 0.25) is 11.9 Å². The molecule has 1 atom stereocenters. The monoisotopic (exact) mass is 773 g/mol. The van der Waals surface area contributed by atoms with Crippen molar-refractivity contribution in [3.05, 3.63) is 135 Å². The molecule has 1 aliphatic heterocycles. The molecule has 15 heteroatoms. The Morgan fingerprint density at radius 2 is 1.62 bits per heavy atom. The summed E-state index contributed by atoms with van der Waals surface area (Å²) in [5, 5.41) is 18.9. The number of fused-ring (bicyclic) bond motifs is 1. The second-order valence-electron chi connectivity index (χ2n) is 14.3. The highest BCUT2D eigenvalue weighted by atomic mass is 35.5. The Balaban J connectivity index is 1.03. The van der Waals surface area contributed by atoms with Gasteiger partial charge in [0.15, 0.2) is 0 Å². The first-order valence-electron chi connectivity index (χ1n) is 17.6. The number of nitrogens with zero attached hydrogens (tertiary/aromatic N) is 6. The number of carbonyl (C=O) groups is 4. The fourth-order valence-electron chi connectivity index (χ4n) is 7.06. The van der Waals surface area contributed by atoms with Crippen LogP contribution in [0, 0.1) is 11.3 Å². The summed E-state index contributed by atoms with van der Waals surface area (Å²) in [5.41, 5.74) is 0.0398. The molecule has 0 unspecified atom stereocenters. The van der Waals surface area contributed by atoms with Crippen LogP contribution >= 0.6 is 23.2 Å². The summed E-state index contributed by atoms with van der Waals surface area (Å²) < 4.78 is 1.59. The highest BCUT2D eigenvalue weighted by molar-refractivity contribution is 6.35. The van der Waals surface area contributed by atoms with E-state index in [1.54, 1.807) is 84.5 Å². The van der Waals surface area contributed by atoms with Crippen molar-refractivity contribution in [1.29, 1.82) is 5.26 Å². The molecule has 2 aromatic carbocycles. The second kappa shape index (κ2) is 13.6. The van der Waals surface area contributed by atoms with Crippen LogP contribution < -0.4 is 20.9 Å². The van der Waals surface area contributed by atoms with E-state index < -0.39 is 22.5 Å². The third kappa shape index (κ3) is 6.68. The molecule has 3 aromatic heterocycles. The normalized spacial score (nSPS) is 18.5. The van der Waals surface area contributed by atoms with Gasteiger partial charge in [0.05, 0.1) is 47.0 Å². The lowest BCUT2D eigenvalue weighted by atomic mass is 9.91. The van der Waals surface area contributed by atoms with Gasteiger partial charge < -0.3 is 16.0 Å². The maximum atomic E-state index is 14.4. The molecule has 0 spiro atoms. The van der Waals surface area contributed by atoms with Crippen LogP contribution in [0.1, 0.15) is 76.0 Å². The molecular weight excluding hydrogens is 741 g/mol. The smallest absolute Gasteiger partial charge is 0.270 e. The maximum absolute atomic E-state index is 14.4. The SMILES string of the molecule is C[C@@]1(Cc2ccc(C#N)cc2)C(=O)N(c2cc(Cl)cc(Cl)c2)c2ncc(C(=O)NC3(C(=O)NC4(c5cc(C(=O)NCc6ccccn6)ccn5)CC4)CC3)n21. The number of nitrogens with one attached hydrogen (secondary N) is 3. The molecule has 4 amide bonds. The second-order valence-corrected chi connectivity index (χ2v) is 15.2. The van der Waals surface area contributed by atoms with Crippen molar-refractivity contribution < 1.29 is 19.2 Å². The van der Waals surface area contributed by atoms with Gasteiger partial charge in [-0.1, -0.05) is 41.4 Å². The Morgan fingerprint density at radius 1 is 0.873 bits per heavy atom. The van der Waals surface area contributed by atoms with Crippen LogP contribution in [-0.4, -0.2) is 48.7 Å². The van der Waals surface area contributed by atoms with E-state index in [1.807, 2.05) is 12.1 Å². The van der Waals surface area contributed by atoms with Crippen LogP contribution in [0.5, 0.6) is 0 Å². The zero-order chi connectivity index (χ0) is 38.5. The van der Waals surface area contributed by atoms with Crippen molar-refractivity contribution >= 4 is 58.5 Å². The van der Waals surface area contributed by atoms with Crippen molar-refractivity contribution in [1.82, 2.24) is 35.5 Å². The number of nitriles is 1. The van der Waals surface area contributed by atoms with E-state index in [9.17, 15) is 24.4 Å². The number of aromatic nitrogens is 4. The average Bonchev–Trinajstić information content (AvgIpc) is 4.09. The zero-order valence-corrected chi connectivity index (χ0v) is 31.0.